The van der Waals surface area contributed by atoms with Gasteiger partial charge in [0.1, 0.15) is 11.6 Å². The van der Waals surface area contributed by atoms with Crippen molar-refractivity contribution >= 4 is 17.9 Å². The second-order valence-electron chi connectivity index (χ2n) is 4.48. The van der Waals surface area contributed by atoms with Gasteiger partial charge in [0.05, 0.1) is 6.42 Å². The maximum Gasteiger partial charge on any atom is 0.408 e. The Morgan fingerprint density at radius 1 is 1.35 bits per heavy atom. The van der Waals surface area contributed by atoms with Gasteiger partial charge in [0.25, 0.3) is 0 Å². The summed E-state index contributed by atoms with van der Waals surface area (Å²) < 4.78 is 4.94. The second-order valence-corrected chi connectivity index (χ2v) is 4.48. The van der Waals surface area contributed by atoms with E-state index in [4.69, 9.17) is 10.5 Å². The van der Waals surface area contributed by atoms with Crippen LogP contribution in [-0.2, 0) is 14.3 Å². The molecule has 1 atom stereocenters. The van der Waals surface area contributed by atoms with Crippen LogP contribution in [0.3, 0.4) is 0 Å². The van der Waals surface area contributed by atoms with E-state index in [2.05, 4.69) is 10.6 Å². The lowest BCUT2D eigenvalue weighted by atomic mass is 10.2. The lowest BCUT2D eigenvalue weighted by molar-refractivity contribution is -0.126. The second kappa shape index (κ2) is 6.07. The van der Waals surface area contributed by atoms with E-state index in [1.165, 1.54) is 7.05 Å². The predicted molar refractivity (Wildman–Crippen MR) is 63.1 cm³/mol. The molecular formula is C10H21N3O4. The van der Waals surface area contributed by atoms with E-state index >= 15 is 0 Å². The number of alkyl carbamates (subject to hydrolysis) is 1. The highest BCUT2D eigenvalue weighted by molar-refractivity contribution is 5.89. The Morgan fingerprint density at radius 2 is 1.88 bits per heavy atom. The largest absolute Gasteiger partial charge is 0.444 e. The monoisotopic (exact) mass is 247 g/mol. The molecule has 4 N–H and O–H groups in total. The van der Waals surface area contributed by atoms with Gasteiger partial charge < -0.3 is 21.1 Å². The summed E-state index contributed by atoms with van der Waals surface area (Å²) in [5, 5.41) is 4.57. The maximum absolute atomic E-state index is 11.4. The lowest BCUT2D eigenvalue weighted by Crippen LogP contribution is -2.48. The summed E-state index contributed by atoms with van der Waals surface area (Å²) in [6, 6.07) is -1.08. The zero-order valence-electron chi connectivity index (χ0n) is 10.5. The molecule has 1 unspecified atom stereocenters. The Labute approximate surface area is 102 Å². The molecule has 0 aliphatic heterocycles. The first-order chi connectivity index (χ1) is 7.65. The molecule has 0 heterocycles. The summed E-state index contributed by atoms with van der Waals surface area (Å²) in [6.45, 7) is 5.06. The number of primary amides is 1. The third-order valence-electron chi connectivity index (χ3n) is 1.70. The summed E-state index contributed by atoms with van der Waals surface area (Å²) in [5.74, 6) is -1.19. The van der Waals surface area contributed by atoms with Gasteiger partial charge in [-0.05, 0) is 20.8 Å². The van der Waals surface area contributed by atoms with E-state index in [1.54, 1.807) is 20.8 Å². The van der Waals surface area contributed by atoms with E-state index in [0.29, 0.717) is 0 Å². The molecule has 0 saturated heterocycles. The van der Waals surface area contributed by atoms with Gasteiger partial charge in [-0.15, -0.1) is 0 Å². The summed E-state index contributed by atoms with van der Waals surface area (Å²) in [7, 11) is 1.42. The summed E-state index contributed by atoms with van der Waals surface area (Å²) in [6.07, 6.45) is -1.00. The average Bonchev–Trinajstić information content (AvgIpc) is 2.13. The van der Waals surface area contributed by atoms with E-state index in [0.717, 1.165) is 0 Å². The molecule has 7 nitrogen and oxygen atoms in total. The lowest BCUT2D eigenvalue weighted by Gasteiger charge is -2.22. The molecule has 0 aromatic heterocycles. The van der Waals surface area contributed by atoms with E-state index < -0.39 is 29.6 Å². The van der Waals surface area contributed by atoms with Crippen molar-refractivity contribution in [3.8, 4) is 0 Å². The van der Waals surface area contributed by atoms with E-state index in [-0.39, 0.29) is 7.85 Å². The van der Waals surface area contributed by atoms with Crippen LogP contribution >= 0.6 is 0 Å². The van der Waals surface area contributed by atoms with E-state index in [9.17, 15) is 14.4 Å². The van der Waals surface area contributed by atoms with Gasteiger partial charge in [0.15, 0.2) is 0 Å². The van der Waals surface area contributed by atoms with Gasteiger partial charge in [-0.1, -0.05) is 0 Å². The van der Waals surface area contributed by atoms with Crippen LogP contribution in [0.15, 0.2) is 0 Å². The first kappa shape index (κ1) is 15.2. The zero-order chi connectivity index (χ0) is 13.6. The van der Waals surface area contributed by atoms with Gasteiger partial charge >= 0.3 is 6.09 Å². The SMILES string of the molecule is CNC(=O)CC(NC(=O)OC(C)(C)C)C(N)=O.[HH]. The highest BCUT2D eigenvalue weighted by Crippen LogP contribution is 2.07. The van der Waals surface area contributed by atoms with Crippen molar-refractivity contribution in [2.24, 2.45) is 5.73 Å². The smallest absolute Gasteiger partial charge is 0.408 e. The quantitative estimate of drug-likeness (QED) is 0.636. The number of carbonyl (C=O) groups is 3. The van der Waals surface area contributed by atoms with Crippen LogP contribution in [0.4, 0.5) is 4.79 Å². The Bertz CT molecular complexity index is 315. The van der Waals surface area contributed by atoms with Crippen LogP contribution in [0.5, 0.6) is 0 Å². The Kier molecular flexibility index (Phi) is 5.43. The van der Waals surface area contributed by atoms with Crippen molar-refractivity contribution in [3.63, 3.8) is 0 Å². The van der Waals surface area contributed by atoms with Crippen LogP contribution in [0.2, 0.25) is 0 Å². The normalized spacial score (nSPS) is 12.5. The minimum atomic E-state index is -1.08. The van der Waals surface area contributed by atoms with Gasteiger partial charge in [0, 0.05) is 8.47 Å². The van der Waals surface area contributed by atoms with Gasteiger partial charge in [0.2, 0.25) is 11.8 Å². The fourth-order valence-corrected chi connectivity index (χ4v) is 0.960. The summed E-state index contributed by atoms with van der Waals surface area (Å²) >= 11 is 0. The number of carbonyl (C=O) groups excluding carboxylic acids is 3. The summed E-state index contributed by atoms with van der Waals surface area (Å²) in [5.41, 5.74) is 4.38. The van der Waals surface area contributed by atoms with Crippen molar-refractivity contribution in [2.45, 2.75) is 38.8 Å². The van der Waals surface area contributed by atoms with Crippen molar-refractivity contribution in [2.75, 3.05) is 7.05 Å². The van der Waals surface area contributed by atoms with Crippen molar-refractivity contribution in [1.82, 2.24) is 10.6 Å². The van der Waals surface area contributed by atoms with Crippen LogP contribution in [0, 0.1) is 0 Å². The fraction of sp³-hybridized carbons (Fsp3) is 0.700. The molecular weight excluding hydrogens is 226 g/mol. The van der Waals surface area contributed by atoms with Crippen LogP contribution in [0.1, 0.15) is 28.6 Å². The standard InChI is InChI=1S/C10H19N3O4.H2/c1-10(2,3)17-9(16)13-6(8(11)15)5-7(14)12-4;/h6H,5H2,1-4H3,(H2,11,15)(H,12,14)(H,13,16);1H. The molecule has 0 saturated carbocycles. The maximum atomic E-state index is 11.4. The molecule has 0 aromatic rings. The Hall–Kier alpha value is -1.79. The van der Waals surface area contributed by atoms with Crippen molar-refractivity contribution in [3.05, 3.63) is 0 Å². The van der Waals surface area contributed by atoms with Crippen LogP contribution < -0.4 is 16.4 Å². The molecule has 0 rings (SSSR count). The minimum absolute atomic E-state index is 0. The van der Waals surface area contributed by atoms with Crippen molar-refractivity contribution in [1.29, 1.82) is 0 Å². The molecule has 0 aliphatic carbocycles. The minimum Gasteiger partial charge on any atom is -0.444 e. The molecule has 3 amide bonds. The topological polar surface area (TPSA) is 111 Å². The number of nitrogens with two attached hydrogens (primary N) is 1. The molecule has 0 bridgehead atoms. The number of nitrogens with one attached hydrogen (secondary N) is 2. The number of hydrogen-bond donors (Lipinski definition) is 3. The van der Waals surface area contributed by atoms with Crippen LogP contribution in [-0.4, -0.2) is 36.6 Å². The van der Waals surface area contributed by atoms with E-state index in [1.807, 2.05) is 0 Å². The van der Waals surface area contributed by atoms with Gasteiger partial charge in [-0.3, -0.25) is 9.59 Å². The highest BCUT2D eigenvalue weighted by Gasteiger charge is 2.24. The van der Waals surface area contributed by atoms with Gasteiger partial charge in [-0.25, -0.2) is 4.79 Å². The molecule has 0 aliphatic rings. The Balaban J connectivity index is 0. The fourth-order valence-electron chi connectivity index (χ4n) is 0.960. The molecule has 0 aromatic carbocycles. The number of rotatable bonds is 4. The first-order valence-electron chi connectivity index (χ1n) is 5.15. The molecule has 100 valence electrons. The molecule has 17 heavy (non-hydrogen) atoms. The molecule has 0 fully saturated rings. The molecule has 7 heteroatoms. The predicted octanol–water partition coefficient (Wildman–Crippen LogP) is -0.253. The zero-order valence-corrected chi connectivity index (χ0v) is 10.5. The molecule has 0 radical (unpaired) electrons. The highest BCUT2D eigenvalue weighted by atomic mass is 16.6. The molecule has 0 spiro atoms. The number of amides is 3. The third kappa shape index (κ3) is 7.15. The average molecular weight is 247 g/mol. The van der Waals surface area contributed by atoms with Gasteiger partial charge in [-0.2, -0.15) is 0 Å². The van der Waals surface area contributed by atoms with Crippen molar-refractivity contribution < 1.29 is 20.5 Å². The number of hydrogen-bond acceptors (Lipinski definition) is 4. The Morgan fingerprint density at radius 3 is 2.24 bits per heavy atom. The third-order valence-corrected chi connectivity index (χ3v) is 1.70. The first-order valence-corrected chi connectivity index (χ1v) is 5.15. The number of ether oxygens (including phenoxy) is 1. The van der Waals surface area contributed by atoms with Crippen LogP contribution in [0.25, 0.3) is 0 Å². The summed E-state index contributed by atoms with van der Waals surface area (Å²) in [4.78, 5) is 33.5.